The molecule has 0 radical (unpaired) electrons. The smallest absolute Gasteiger partial charge is 0.185 e. The van der Waals surface area contributed by atoms with Crippen LogP contribution in [0.25, 0.3) is 6.08 Å². The average molecular weight is 302 g/mol. The number of allylic oxidation sites excluding steroid dienone is 1. The summed E-state index contributed by atoms with van der Waals surface area (Å²) in [6, 6.07) is 11.2. The molecule has 18 heavy (non-hydrogen) atoms. The highest BCUT2D eigenvalue weighted by atomic mass is 79.9. The number of carbonyl (C=O) groups excluding carboxylic acids is 1. The van der Waals surface area contributed by atoms with Crippen molar-refractivity contribution in [3.8, 4) is 0 Å². The van der Waals surface area contributed by atoms with Crippen LogP contribution in [0.2, 0.25) is 0 Å². The molecule has 0 bridgehead atoms. The zero-order chi connectivity index (χ0) is 13.0. The second-order valence-corrected chi connectivity index (χ2v) is 4.83. The van der Waals surface area contributed by atoms with Crippen molar-refractivity contribution in [2.75, 3.05) is 0 Å². The topological polar surface area (TPSA) is 30.0 Å². The first-order chi connectivity index (χ1) is 8.66. The van der Waals surface area contributed by atoms with Gasteiger partial charge in [-0.05, 0) is 42.8 Å². The Labute approximate surface area is 115 Å². The van der Waals surface area contributed by atoms with E-state index in [4.69, 9.17) is 0 Å². The quantitative estimate of drug-likeness (QED) is 0.632. The first kappa shape index (κ1) is 12.7. The van der Waals surface area contributed by atoms with Gasteiger partial charge in [-0.1, -0.05) is 34.1 Å². The largest absolute Gasteiger partial charge is 0.289 e. The zero-order valence-corrected chi connectivity index (χ0v) is 11.5. The predicted octanol–water partition coefficient (Wildman–Crippen LogP) is 4.05. The van der Waals surface area contributed by atoms with Crippen molar-refractivity contribution >= 4 is 27.8 Å². The van der Waals surface area contributed by atoms with Crippen molar-refractivity contribution in [2.24, 2.45) is 0 Å². The number of aromatic nitrogens is 1. The average Bonchev–Trinajstić information content (AvgIpc) is 2.37. The Hall–Kier alpha value is -1.74. The molecule has 2 nitrogen and oxygen atoms in total. The Morgan fingerprint density at radius 2 is 2.11 bits per heavy atom. The third-order valence-corrected chi connectivity index (χ3v) is 3.04. The lowest BCUT2D eigenvalue weighted by Crippen LogP contribution is -1.94. The van der Waals surface area contributed by atoms with Crippen LogP contribution in [-0.2, 0) is 0 Å². The summed E-state index contributed by atoms with van der Waals surface area (Å²) < 4.78 is 0.899. The monoisotopic (exact) mass is 301 g/mol. The van der Waals surface area contributed by atoms with Gasteiger partial charge in [0.1, 0.15) is 0 Å². The van der Waals surface area contributed by atoms with Crippen LogP contribution in [0.15, 0.2) is 53.1 Å². The van der Waals surface area contributed by atoms with Crippen LogP contribution in [0, 0.1) is 6.92 Å². The maximum atomic E-state index is 11.9. The number of ketones is 1. The molecule has 90 valence electrons. The molecule has 1 aromatic heterocycles. The summed E-state index contributed by atoms with van der Waals surface area (Å²) in [6.07, 6.45) is 5.02. The van der Waals surface area contributed by atoms with Gasteiger partial charge in [0.05, 0.1) is 5.69 Å². The Kier molecular flexibility index (Phi) is 4.05. The molecule has 2 aromatic rings. The molecule has 1 aromatic carbocycles. The van der Waals surface area contributed by atoms with Crippen LogP contribution in [0.4, 0.5) is 0 Å². The van der Waals surface area contributed by atoms with Gasteiger partial charge in [-0.2, -0.15) is 0 Å². The molecular weight excluding hydrogens is 290 g/mol. The van der Waals surface area contributed by atoms with E-state index in [0.29, 0.717) is 5.56 Å². The number of hydrogen-bond acceptors (Lipinski definition) is 2. The fourth-order valence-corrected chi connectivity index (χ4v) is 1.96. The van der Waals surface area contributed by atoms with E-state index in [0.717, 1.165) is 15.7 Å². The van der Waals surface area contributed by atoms with Crippen LogP contribution in [0.1, 0.15) is 21.6 Å². The molecule has 0 fully saturated rings. The SMILES string of the molecule is Cc1cccnc1C=CC(=O)c1cccc(Br)c1. The Bertz CT molecular complexity index is 605. The lowest BCUT2D eigenvalue weighted by atomic mass is 10.1. The second-order valence-electron chi connectivity index (χ2n) is 3.91. The summed E-state index contributed by atoms with van der Waals surface area (Å²) in [5.41, 5.74) is 2.53. The molecule has 0 N–H and O–H groups in total. The summed E-state index contributed by atoms with van der Waals surface area (Å²) in [6.45, 7) is 1.97. The third-order valence-electron chi connectivity index (χ3n) is 2.55. The molecule has 3 heteroatoms. The highest BCUT2D eigenvalue weighted by Crippen LogP contribution is 2.13. The van der Waals surface area contributed by atoms with Gasteiger partial charge < -0.3 is 0 Å². The Balaban J connectivity index is 2.20. The summed E-state index contributed by atoms with van der Waals surface area (Å²) in [5, 5.41) is 0. The summed E-state index contributed by atoms with van der Waals surface area (Å²) >= 11 is 3.35. The Morgan fingerprint density at radius 1 is 1.28 bits per heavy atom. The molecule has 0 atom stereocenters. The van der Waals surface area contributed by atoms with E-state index in [2.05, 4.69) is 20.9 Å². The van der Waals surface area contributed by atoms with E-state index in [1.165, 1.54) is 0 Å². The maximum Gasteiger partial charge on any atom is 0.185 e. The lowest BCUT2D eigenvalue weighted by molar-refractivity contribution is 0.104. The fraction of sp³-hybridized carbons (Fsp3) is 0.0667. The van der Waals surface area contributed by atoms with Crippen LogP contribution in [0.3, 0.4) is 0 Å². The van der Waals surface area contributed by atoms with Crippen molar-refractivity contribution in [3.05, 3.63) is 70.0 Å². The van der Waals surface area contributed by atoms with Gasteiger partial charge >= 0.3 is 0 Å². The minimum atomic E-state index is -0.0265. The van der Waals surface area contributed by atoms with Gasteiger partial charge in [0.25, 0.3) is 0 Å². The van der Waals surface area contributed by atoms with E-state index < -0.39 is 0 Å². The van der Waals surface area contributed by atoms with Crippen LogP contribution >= 0.6 is 15.9 Å². The Morgan fingerprint density at radius 3 is 2.83 bits per heavy atom. The van der Waals surface area contributed by atoms with Crippen LogP contribution in [-0.4, -0.2) is 10.8 Å². The molecule has 1 heterocycles. The van der Waals surface area contributed by atoms with E-state index in [-0.39, 0.29) is 5.78 Å². The minimum Gasteiger partial charge on any atom is -0.289 e. The number of rotatable bonds is 3. The van der Waals surface area contributed by atoms with E-state index in [1.807, 2.05) is 31.2 Å². The van der Waals surface area contributed by atoms with Gasteiger partial charge in [0.2, 0.25) is 0 Å². The van der Waals surface area contributed by atoms with E-state index in [9.17, 15) is 4.79 Å². The zero-order valence-electron chi connectivity index (χ0n) is 9.93. The van der Waals surface area contributed by atoms with Gasteiger partial charge in [-0.25, -0.2) is 0 Å². The van der Waals surface area contributed by atoms with Gasteiger partial charge in [0.15, 0.2) is 5.78 Å². The number of halogens is 1. The molecule has 0 aliphatic rings. The molecule has 0 unspecified atom stereocenters. The van der Waals surface area contributed by atoms with Gasteiger partial charge in [-0.3, -0.25) is 9.78 Å². The van der Waals surface area contributed by atoms with Gasteiger partial charge in [0, 0.05) is 16.2 Å². The number of carbonyl (C=O) groups is 1. The number of pyridine rings is 1. The highest BCUT2D eigenvalue weighted by Gasteiger charge is 2.02. The molecule has 0 saturated heterocycles. The van der Waals surface area contributed by atoms with Crippen molar-refractivity contribution in [3.63, 3.8) is 0 Å². The number of nitrogens with zero attached hydrogens (tertiary/aromatic N) is 1. The number of benzene rings is 1. The molecule has 0 spiro atoms. The van der Waals surface area contributed by atoms with Crippen molar-refractivity contribution in [1.82, 2.24) is 4.98 Å². The molecule has 0 aliphatic carbocycles. The first-order valence-electron chi connectivity index (χ1n) is 5.56. The molecular formula is C15H12BrNO. The lowest BCUT2D eigenvalue weighted by Gasteiger charge is -1.98. The van der Waals surface area contributed by atoms with E-state index >= 15 is 0 Å². The van der Waals surface area contributed by atoms with Crippen molar-refractivity contribution in [2.45, 2.75) is 6.92 Å². The second kappa shape index (κ2) is 5.74. The van der Waals surface area contributed by atoms with E-state index in [1.54, 1.807) is 30.5 Å². The summed E-state index contributed by atoms with van der Waals surface area (Å²) in [4.78, 5) is 16.2. The summed E-state index contributed by atoms with van der Waals surface area (Å²) in [5.74, 6) is -0.0265. The standard InChI is InChI=1S/C15H12BrNO/c1-11-4-3-9-17-14(11)7-8-15(18)12-5-2-6-13(16)10-12/h2-10H,1H3. The molecule has 2 rings (SSSR count). The molecule has 0 amide bonds. The third kappa shape index (κ3) is 3.14. The predicted molar refractivity (Wildman–Crippen MR) is 76.5 cm³/mol. The molecule has 0 aliphatic heterocycles. The minimum absolute atomic E-state index is 0.0265. The van der Waals surface area contributed by atoms with Crippen molar-refractivity contribution in [1.29, 1.82) is 0 Å². The van der Waals surface area contributed by atoms with Gasteiger partial charge in [-0.15, -0.1) is 0 Å². The highest BCUT2D eigenvalue weighted by molar-refractivity contribution is 9.10. The van der Waals surface area contributed by atoms with Crippen LogP contribution < -0.4 is 0 Å². The number of hydrogen-bond donors (Lipinski definition) is 0. The number of aryl methyl sites for hydroxylation is 1. The van der Waals surface area contributed by atoms with Crippen LogP contribution in [0.5, 0.6) is 0 Å². The molecule has 0 saturated carbocycles. The summed E-state index contributed by atoms with van der Waals surface area (Å²) in [7, 11) is 0. The van der Waals surface area contributed by atoms with Crippen molar-refractivity contribution < 1.29 is 4.79 Å². The first-order valence-corrected chi connectivity index (χ1v) is 6.36. The fourth-order valence-electron chi connectivity index (χ4n) is 1.56. The normalized spacial score (nSPS) is 10.8. The maximum absolute atomic E-state index is 11.9.